The van der Waals surface area contributed by atoms with Gasteiger partial charge in [-0.2, -0.15) is 4.98 Å². The van der Waals surface area contributed by atoms with Crippen molar-refractivity contribution in [1.29, 1.82) is 0 Å². The van der Waals surface area contributed by atoms with Crippen LogP contribution >= 0.6 is 0 Å². The predicted molar refractivity (Wildman–Crippen MR) is 185 cm³/mol. The van der Waals surface area contributed by atoms with Gasteiger partial charge in [0.05, 0.1) is 23.7 Å². The van der Waals surface area contributed by atoms with Gasteiger partial charge in [0.25, 0.3) is 15.6 Å². The van der Waals surface area contributed by atoms with Crippen molar-refractivity contribution in [3.8, 4) is 11.4 Å². The van der Waals surface area contributed by atoms with Crippen LogP contribution in [0, 0.1) is 0 Å². The minimum absolute atomic E-state index is 0.0298. The molecule has 1 unspecified atom stereocenters. The largest absolute Gasteiger partial charge is 0.379 e. The monoisotopic (exact) mass is 669 g/mol. The van der Waals surface area contributed by atoms with Gasteiger partial charge < -0.3 is 20.3 Å². The Kier molecular flexibility index (Phi) is 9.21. The quantitative estimate of drug-likeness (QED) is 0.227. The summed E-state index contributed by atoms with van der Waals surface area (Å²) in [5.41, 5.74) is 2.15. The van der Waals surface area contributed by atoms with Gasteiger partial charge in [-0.1, -0.05) is 18.2 Å². The lowest BCUT2D eigenvalue weighted by atomic mass is 10.1. The highest BCUT2D eigenvalue weighted by molar-refractivity contribution is 7.90. The van der Waals surface area contributed by atoms with Gasteiger partial charge in [-0.05, 0) is 61.9 Å². The summed E-state index contributed by atoms with van der Waals surface area (Å²) in [4.78, 5) is 32.6. The molecule has 2 fully saturated rings. The number of ether oxygens (including phenoxy) is 1. The molecule has 0 amide bonds. The molecule has 5 aromatic rings. The molecule has 3 aromatic heterocycles. The zero-order valence-corrected chi connectivity index (χ0v) is 27.6. The van der Waals surface area contributed by atoms with E-state index in [9.17, 15) is 13.2 Å². The van der Waals surface area contributed by atoms with E-state index in [-0.39, 0.29) is 21.8 Å². The van der Waals surface area contributed by atoms with E-state index < -0.39 is 10.0 Å². The van der Waals surface area contributed by atoms with Crippen molar-refractivity contribution in [3.05, 3.63) is 89.6 Å². The van der Waals surface area contributed by atoms with E-state index in [0.717, 1.165) is 47.9 Å². The average Bonchev–Trinajstić information content (AvgIpc) is 3.63. The van der Waals surface area contributed by atoms with E-state index in [0.29, 0.717) is 49.3 Å². The zero-order chi connectivity index (χ0) is 33.1. The Balaban J connectivity index is 1.23. The van der Waals surface area contributed by atoms with Gasteiger partial charge in [-0.3, -0.25) is 14.3 Å². The lowest BCUT2D eigenvalue weighted by Crippen LogP contribution is -2.44. The number of hydrogen-bond acceptors (Lipinski definition) is 11. The minimum atomic E-state index is -4.01. The number of anilines is 3. The predicted octanol–water partition coefficient (Wildman–Crippen LogP) is 3.16. The van der Waals surface area contributed by atoms with E-state index in [1.54, 1.807) is 35.0 Å². The lowest BCUT2D eigenvalue weighted by molar-refractivity contribution is 0.0364. The second-order valence-corrected chi connectivity index (χ2v) is 13.9. The third-order valence-electron chi connectivity index (χ3n) is 9.07. The Morgan fingerprint density at radius 3 is 2.58 bits per heavy atom. The van der Waals surface area contributed by atoms with E-state index in [1.807, 2.05) is 12.1 Å². The molecule has 0 saturated carbocycles. The topological polar surface area (TPSA) is 140 Å². The van der Waals surface area contributed by atoms with E-state index in [4.69, 9.17) is 9.72 Å². The van der Waals surface area contributed by atoms with Gasteiger partial charge in [0.2, 0.25) is 5.95 Å². The average molecular weight is 670 g/mol. The van der Waals surface area contributed by atoms with E-state index in [2.05, 4.69) is 49.6 Å². The molecule has 1 atom stereocenters. The van der Waals surface area contributed by atoms with Crippen LogP contribution in [0.1, 0.15) is 12.8 Å². The molecular formula is C34H39N9O4S. The molecule has 7 rings (SSSR count). The molecule has 0 spiro atoms. The highest BCUT2D eigenvalue weighted by atomic mass is 32.2. The Bertz CT molecular complexity index is 2040. The summed E-state index contributed by atoms with van der Waals surface area (Å²) in [7, 11) is -1.88. The molecule has 250 valence electrons. The molecular weight excluding hydrogens is 630 g/mol. The van der Waals surface area contributed by atoms with Gasteiger partial charge in [-0.15, -0.1) is 0 Å². The van der Waals surface area contributed by atoms with Crippen molar-refractivity contribution in [3.63, 3.8) is 0 Å². The van der Waals surface area contributed by atoms with Crippen LogP contribution in [0.15, 0.2) is 88.9 Å². The van der Waals surface area contributed by atoms with Crippen LogP contribution in [0.3, 0.4) is 0 Å². The molecule has 2 N–H and O–H groups in total. The summed E-state index contributed by atoms with van der Waals surface area (Å²) in [6.45, 7) is 5.76. The van der Waals surface area contributed by atoms with Crippen LogP contribution < -0.4 is 21.1 Å². The molecule has 48 heavy (non-hydrogen) atoms. The number of pyridine rings is 1. The van der Waals surface area contributed by atoms with Crippen molar-refractivity contribution in [1.82, 2.24) is 33.7 Å². The van der Waals surface area contributed by atoms with Crippen LogP contribution in [0.25, 0.3) is 22.4 Å². The zero-order valence-electron chi connectivity index (χ0n) is 26.8. The third-order valence-corrected chi connectivity index (χ3v) is 10.7. The van der Waals surface area contributed by atoms with Crippen LogP contribution in [0.2, 0.25) is 0 Å². The Hall–Kier alpha value is -4.63. The first-order valence-corrected chi connectivity index (χ1v) is 17.7. The van der Waals surface area contributed by atoms with Gasteiger partial charge in [0, 0.05) is 81.2 Å². The second kappa shape index (κ2) is 13.8. The number of piperidine rings is 1. The number of likely N-dealkylation sites (N-methyl/N-ethyl adjacent to an activating group) is 1. The summed E-state index contributed by atoms with van der Waals surface area (Å²) < 4.78 is 35.3. The van der Waals surface area contributed by atoms with E-state index in [1.165, 1.54) is 30.9 Å². The Morgan fingerprint density at radius 2 is 1.83 bits per heavy atom. The number of imidazole rings is 1. The maximum Gasteiger partial charge on any atom is 0.269 e. The Morgan fingerprint density at radius 1 is 1.04 bits per heavy atom. The first-order chi connectivity index (χ1) is 23.4. The fraction of sp³-hybridized carbons (Fsp3) is 0.353. The minimum Gasteiger partial charge on any atom is -0.379 e. The smallest absolute Gasteiger partial charge is 0.269 e. The summed E-state index contributed by atoms with van der Waals surface area (Å²) in [5, 5.41) is 7.35. The van der Waals surface area contributed by atoms with Gasteiger partial charge >= 0.3 is 0 Å². The molecule has 2 saturated heterocycles. The summed E-state index contributed by atoms with van der Waals surface area (Å²) in [6.07, 6.45) is 6.72. The SMILES string of the molecule is CN(c1ccc(Nc2ncc3cc(-c4nccn4S(=O)(=O)c4ccccc4)c(=O)n(CCN4CCOCC4)c3n2)cc1)C1CCCNC1. The standard InChI is InChI=1S/C34H39N9O4S/c1-40(28-6-5-13-35-24-28)27-11-9-26(10-12-27)38-34-37-23-25-22-30(32-36-14-15-43(32)48(45,46)29-7-3-2-4-8-29)33(44)42(31(25)39-34)17-16-41-18-20-47-21-19-41/h2-4,7-12,14-15,22-23,28,35H,5-6,13,16-21,24H2,1H3,(H,37,38,39). The number of benzene rings is 2. The van der Waals surface area contributed by atoms with Gasteiger partial charge in [0.15, 0.2) is 5.82 Å². The number of nitrogens with one attached hydrogen (secondary N) is 2. The first-order valence-electron chi connectivity index (χ1n) is 16.2. The molecule has 2 aromatic carbocycles. The summed E-state index contributed by atoms with van der Waals surface area (Å²) >= 11 is 0. The van der Waals surface area contributed by atoms with Crippen molar-refractivity contribution < 1.29 is 13.2 Å². The third kappa shape index (κ3) is 6.56. The maximum atomic E-state index is 14.3. The Labute approximate surface area is 279 Å². The van der Waals surface area contributed by atoms with Crippen molar-refractivity contribution in [2.24, 2.45) is 0 Å². The van der Waals surface area contributed by atoms with Crippen LogP contribution in [-0.4, -0.2) is 95.8 Å². The highest BCUT2D eigenvalue weighted by Gasteiger charge is 2.25. The number of aromatic nitrogens is 5. The molecule has 2 aliphatic heterocycles. The highest BCUT2D eigenvalue weighted by Crippen LogP contribution is 2.26. The maximum absolute atomic E-state index is 14.3. The first kappa shape index (κ1) is 31.9. The van der Waals surface area contributed by atoms with Crippen LogP contribution in [0.5, 0.6) is 0 Å². The molecule has 0 bridgehead atoms. The number of nitrogens with zero attached hydrogens (tertiary/aromatic N) is 7. The normalized spacial score (nSPS) is 17.4. The fourth-order valence-electron chi connectivity index (χ4n) is 6.32. The fourth-order valence-corrected chi connectivity index (χ4v) is 7.63. The summed E-state index contributed by atoms with van der Waals surface area (Å²) in [6, 6.07) is 18.3. The molecule has 14 heteroatoms. The van der Waals surface area contributed by atoms with Crippen molar-refractivity contribution in [2.45, 2.75) is 30.3 Å². The molecule has 13 nitrogen and oxygen atoms in total. The van der Waals surface area contributed by atoms with Crippen molar-refractivity contribution in [2.75, 3.05) is 63.2 Å². The number of morpholine rings is 1. The second-order valence-electron chi connectivity index (χ2n) is 12.1. The number of fused-ring (bicyclic) bond motifs is 1. The molecule has 0 aliphatic carbocycles. The molecule has 0 radical (unpaired) electrons. The number of rotatable bonds is 10. The van der Waals surface area contributed by atoms with Gasteiger partial charge in [-0.25, -0.2) is 22.4 Å². The van der Waals surface area contributed by atoms with Gasteiger partial charge in [0.1, 0.15) is 5.65 Å². The number of hydrogen-bond donors (Lipinski definition) is 2. The van der Waals surface area contributed by atoms with Crippen molar-refractivity contribution >= 4 is 38.4 Å². The molecule has 5 heterocycles. The van der Waals surface area contributed by atoms with Crippen LogP contribution in [-0.2, 0) is 21.3 Å². The molecule has 2 aliphatic rings. The lowest BCUT2D eigenvalue weighted by Gasteiger charge is -2.33. The summed E-state index contributed by atoms with van der Waals surface area (Å²) in [5.74, 6) is 0.377. The van der Waals surface area contributed by atoms with Crippen LogP contribution in [0.4, 0.5) is 17.3 Å². The van der Waals surface area contributed by atoms with E-state index >= 15 is 0 Å².